The number of aliphatic hydroxyl groups is 1. The molecule has 3 N–H and O–H groups in total. The topological polar surface area (TPSA) is 70.6 Å². The van der Waals surface area contributed by atoms with Gasteiger partial charge in [-0.1, -0.05) is 41.9 Å². The van der Waals surface area contributed by atoms with Gasteiger partial charge in [0.05, 0.1) is 13.2 Å². The van der Waals surface area contributed by atoms with E-state index in [2.05, 4.69) is 10.6 Å². The van der Waals surface area contributed by atoms with Gasteiger partial charge in [-0.15, -0.1) is 0 Å². The van der Waals surface area contributed by atoms with E-state index in [0.29, 0.717) is 17.1 Å². The Morgan fingerprint density at radius 1 is 1.25 bits per heavy atom. The zero-order chi connectivity index (χ0) is 17.5. The number of urea groups is 1. The minimum atomic E-state index is -0.854. The Hall–Kier alpha value is -2.24. The standard InChI is InChI=1S/C18H21ClN2O3/c1-12-9-13(7-8-17(12)24-2)10-20-18(23)21-11-16(22)14-5-3-4-6-15(14)19/h3-9,16,22H,10-11H2,1-2H3,(H2,20,21,23). The summed E-state index contributed by atoms with van der Waals surface area (Å²) in [5, 5.41) is 15.9. The number of hydrogen-bond acceptors (Lipinski definition) is 3. The van der Waals surface area contributed by atoms with Gasteiger partial charge in [0.25, 0.3) is 0 Å². The van der Waals surface area contributed by atoms with Gasteiger partial charge in [-0.25, -0.2) is 4.79 Å². The van der Waals surface area contributed by atoms with Crippen molar-refractivity contribution in [1.82, 2.24) is 10.6 Å². The maximum Gasteiger partial charge on any atom is 0.315 e. The second kappa shape index (κ2) is 8.57. The van der Waals surface area contributed by atoms with E-state index in [1.165, 1.54) is 0 Å². The number of carbonyl (C=O) groups excluding carboxylic acids is 1. The van der Waals surface area contributed by atoms with Crippen LogP contribution in [0.15, 0.2) is 42.5 Å². The van der Waals surface area contributed by atoms with Crippen LogP contribution < -0.4 is 15.4 Å². The second-order valence-corrected chi connectivity index (χ2v) is 5.81. The lowest BCUT2D eigenvalue weighted by Gasteiger charge is -2.14. The van der Waals surface area contributed by atoms with Crippen LogP contribution in [0.4, 0.5) is 4.79 Å². The molecule has 0 aliphatic rings. The molecule has 2 aromatic carbocycles. The van der Waals surface area contributed by atoms with Crippen molar-refractivity contribution in [3.05, 3.63) is 64.2 Å². The van der Waals surface area contributed by atoms with Gasteiger partial charge in [0, 0.05) is 23.7 Å². The van der Waals surface area contributed by atoms with Crippen LogP contribution in [0.2, 0.25) is 5.02 Å². The molecule has 2 amide bonds. The highest BCUT2D eigenvalue weighted by Gasteiger charge is 2.12. The van der Waals surface area contributed by atoms with E-state index in [4.69, 9.17) is 16.3 Å². The van der Waals surface area contributed by atoms with Crippen LogP contribution in [0, 0.1) is 6.92 Å². The molecule has 0 aromatic heterocycles. The Labute approximate surface area is 146 Å². The molecule has 1 atom stereocenters. The summed E-state index contributed by atoms with van der Waals surface area (Å²) < 4.78 is 5.20. The lowest BCUT2D eigenvalue weighted by Crippen LogP contribution is -2.37. The van der Waals surface area contributed by atoms with E-state index in [-0.39, 0.29) is 12.6 Å². The van der Waals surface area contributed by atoms with E-state index < -0.39 is 6.10 Å². The Bertz CT molecular complexity index is 706. The number of rotatable bonds is 6. The number of halogens is 1. The minimum absolute atomic E-state index is 0.0806. The monoisotopic (exact) mass is 348 g/mol. The van der Waals surface area contributed by atoms with Gasteiger partial charge in [-0.2, -0.15) is 0 Å². The Kier molecular flexibility index (Phi) is 6.46. The van der Waals surface area contributed by atoms with E-state index in [9.17, 15) is 9.90 Å². The zero-order valence-corrected chi connectivity index (χ0v) is 14.4. The highest BCUT2D eigenvalue weighted by atomic mass is 35.5. The average molecular weight is 349 g/mol. The van der Waals surface area contributed by atoms with Crippen molar-refractivity contribution >= 4 is 17.6 Å². The molecule has 0 heterocycles. The number of benzene rings is 2. The molecule has 0 spiro atoms. The normalized spacial score (nSPS) is 11.7. The van der Waals surface area contributed by atoms with Crippen molar-refractivity contribution in [2.45, 2.75) is 19.6 Å². The molecular formula is C18H21ClN2O3. The molecule has 0 saturated carbocycles. The fourth-order valence-corrected chi connectivity index (χ4v) is 2.60. The third-order valence-electron chi connectivity index (χ3n) is 3.63. The van der Waals surface area contributed by atoms with Crippen molar-refractivity contribution in [2.24, 2.45) is 0 Å². The molecule has 0 radical (unpaired) electrons. The summed E-state index contributed by atoms with van der Waals surface area (Å²) in [7, 11) is 1.62. The van der Waals surface area contributed by atoms with Crippen LogP contribution in [0.25, 0.3) is 0 Å². The number of carbonyl (C=O) groups is 1. The third kappa shape index (κ3) is 4.88. The quantitative estimate of drug-likeness (QED) is 0.750. The fraction of sp³-hybridized carbons (Fsp3) is 0.278. The largest absolute Gasteiger partial charge is 0.496 e. The summed E-state index contributed by atoms with van der Waals surface area (Å²) in [6.07, 6.45) is -0.854. The molecule has 0 fully saturated rings. The first-order valence-corrected chi connectivity index (χ1v) is 7.96. The highest BCUT2D eigenvalue weighted by Crippen LogP contribution is 2.22. The Balaban J connectivity index is 1.81. The van der Waals surface area contributed by atoms with Crippen molar-refractivity contribution < 1.29 is 14.6 Å². The number of aliphatic hydroxyl groups excluding tert-OH is 1. The number of amides is 2. The van der Waals surface area contributed by atoms with Gasteiger partial charge in [-0.05, 0) is 30.2 Å². The summed E-state index contributed by atoms with van der Waals surface area (Å²) in [6, 6.07) is 12.4. The molecule has 0 aliphatic heterocycles. The van der Waals surface area contributed by atoms with Crippen molar-refractivity contribution in [3.8, 4) is 5.75 Å². The predicted molar refractivity (Wildman–Crippen MR) is 94.4 cm³/mol. The van der Waals surface area contributed by atoms with Crippen LogP contribution in [0.5, 0.6) is 5.75 Å². The minimum Gasteiger partial charge on any atom is -0.496 e. The van der Waals surface area contributed by atoms with Crippen molar-refractivity contribution in [1.29, 1.82) is 0 Å². The molecule has 2 rings (SSSR count). The molecule has 5 nitrogen and oxygen atoms in total. The van der Waals surface area contributed by atoms with E-state index in [1.807, 2.05) is 25.1 Å². The molecular weight excluding hydrogens is 328 g/mol. The molecule has 0 aliphatic carbocycles. The van der Waals surface area contributed by atoms with Crippen LogP contribution in [-0.2, 0) is 6.54 Å². The van der Waals surface area contributed by atoms with Gasteiger partial charge < -0.3 is 20.5 Å². The Morgan fingerprint density at radius 3 is 2.67 bits per heavy atom. The number of aryl methyl sites for hydroxylation is 1. The first-order valence-electron chi connectivity index (χ1n) is 7.59. The number of ether oxygens (including phenoxy) is 1. The van der Waals surface area contributed by atoms with Gasteiger partial charge in [0.15, 0.2) is 0 Å². The van der Waals surface area contributed by atoms with Crippen LogP contribution >= 0.6 is 11.6 Å². The maximum absolute atomic E-state index is 11.9. The van der Waals surface area contributed by atoms with E-state index >= 15 is 0 Å². The molecule has 6 heteroatoms. The van der Waals surface area contributed by atoms with Gasteiger partial charge >= 0.3 is 6.03 Å². The van der Waals surface area contributed by atoms with Gasteiger partial charge in [0.1, 0.15) is 5.75 Å². The molecule has 2 aromatic rings. The third-order valence-corrected chi connectivity index (χ3v) is 3.98. The maximum atomic E-state index is 11.9. The summed E-state index contributed by atoms with van der Waals surface area (Å²) in [5.41, 5.74) is 2.56. The fourth-order valence-electron chi connectivity index (χ4n) is 2.34. The summed E-state index contributed by atoms with van der Waals surface area (Å²) in [4.78, 5) is 11.9. The Morgan fingerprint density at radius 2 is 2.00 bits per heavy atom. The van der Waals surface area contributed by atoms with Crippen LogP contribution in [0.3, 0.4) is 0 Å². The lowest BCUT2D eigenvalue weighted by atomic mass is 10.1. The smallest absolute Gasteiger partial charge is 0.315 e. The first kappa shape index (κ1) is 18.1. The zero-order valence-electron chi connectivity index (χ0n) is 13.7. The SMILES string of the molecule is COc1ccc(CNC(=O)NCC(O)c2ccccc2Cl)cc1C. The summed E-state index contributed by atoms with van der Waals surface area (Å²) >= 11 is 6.02. The van der Waals surface area contributed by atoms with E-state index in [1.54, 1.807) is 31.4 Å². The molecule has 0 bridgehead atoms. The van der Waals surface area contributed by atoms with E-state index in [0.717, 1.165) is 16.9 Å². The molecule has 0 saturated heterocycles. The van der Waals surface area contributed by atoms with Crippen LogP contribution in [0.1, 0.15) is 22.8 Å². The molecule has 1 unspecified atom stereocenters. The highest BCUT2D eigenvalue weighted by molar-refractivity contribution is 6.31. The molecule has 128 valence electrons. The van der Waals surface area contributed by atoms with Gasteiger partial charge in [-0.3, -0.25) is 0 Å². The summed E-state index contributed by atoms with van der Waals surface area (Å²) in [5.74, 6) is 0.811. The predicted octanol–water partition coefficient (Wildman–Crippen LogP) is 3.19. The molecule has 24 heavy (non-hydrogen) atoms. The lowest BCUT2D eigenvalue weighted by molar-refractivity contribution is 0.173. The number of methoxy groups -OCH3 is 1. The van der Waals surface area contributed by atoms with Crippen molar-refractivity contribution in [2.75, 3.05) is 13.7 Å². The van der Waals surface area contributed by atoms with Crippen molar-refractivity contribution in [3.63, 3.8) is 0 Å². The average Bonchev–Trinajstić information content (AvgIpc) is 2.58. The van der Waals surface area contributed by atoms with Gasteiger partial charge in [0.2, 0.25) is 0 Å². The first-order chi connectivity index (χ1) is 11.5. The van der Waals surface area contributed by atoms with Crippen LogP contribution in [-0.4, -0.2) is 24.8 Å². The number of hydrogen-bond donors (Lipinski definition) is 3. The number of nitrogens with one attached hydrogen (secondary N) is 2. The summed E-state index contributed by atoms with van der Waals surface area (Å²) in [6.45, 7) is 2.42. The second-order valence-electron chi connectivity index (χ2n) is 5.40.